The molecule has 7 nitrogen and oxygen atoms in total. The summed E-state index contributed by atoms with van der Waals surface area (Å²) in [5.74, 6) is 0.180. The molecule has 0 aliphatic carbocycles. The molecule has 0 spiro atoms. The molecule has 0 amide bonds. The normalized spacial score (nSPS) is 10.7. The third-order valence-corrected chi connectivity index (χ3v) is 2.92. The van der Waals surface area contributed by atoms with Crippen LogP contribution < -0.4 is 22.3 Å². The first-order valence-electron chi connectivity index (χ1n) is 6.48. The molecule has 0 saturated carbocycles. The Kier molecular flexibility index (Phi) is 5.62. The molecule has 0 saturated heterocycles. The predicted octanol–water partition coefficient (Wildman–Crippen LogP) is -0.276. The molecular formula is C12H22N4O3. The Hall–Kier alpha value is -1.76. The van der Waals surface area contributed by atoms with Gasteiger partial charge in [0.2, 0.25) is 0 Å². The molecule has 0 aliphatic rings. The Morgan fingerprint density at radius 3 is 2.58 bits per heavy atom. The van der Waals surface area contributed by atoms with Gasteiger partial charge in [-0.25, -0.2) is 4.79 Å². The van der Waals surface area contributed by atoms with E-state index in [2.05, 4.69) is 5.32 Å². The SMILES string of the molecule is CCCn1c(N)c(NCCCCO)c(=O)n(C)c1=O. The van der Waals surface area contributed by atoms with Gasteiger partial charge in [-0.15, -0.1) is 0 Å². The fourth-order valence-corrected chi connectivity index (χ4v) is 1.84. The Balaban J connectivity index is 3.09. The van der Waals surface area contributed by atoms with Crippen molar-refractivity contribution in [3.05, 3.63) is 20.8 Å². The van der Waals surface area contributed by atoms with Gasteiger partial charge in [-0.1, -0.05) is 6.92 Å². The van der Waals surface area contributed by atoms with Crippen molar-refractivity contribution in [2.75, 3.05) is 24.2 Å². The van der Waals surface area contributed by atoms with Crippen LogP contribution in [0.3, 0.4) is 0 Å². The Labute approximate surface area is 111 Å². The monoisotopic (exact) mass is 270 g/mol. The topological polar surface area (TPSA) is 102 Å². The van der Waals surface area contributed by atoms with E-state index < -0.39 is 11.2 Å². The summed E-state index contributed by atoms with van der Waals surface area (Å²) in [6.07, 6.45) is 2.14. The minimum absolute atomic E-state index is 0.116. The highest BCUT2D eigenvalue weighted by molar-refractivity contribution is 5.60. The minimum Gasteiger partial charge on any atom is -0.396 e. The van der Waals surface area contributed by atoms with Gasteiger partial charge in [-0.2, -0.15) is 0 Å². The summed E-state index contributed by atoms with van der Waals surface area (Å²) in [6, 6.07) is 0. The van der Waals surface area contributed by atoms with Crippen molar-refractivity contribution in [2.45, 2.75) is 32.7 Å². The number of nitrogens with two attached hydrogens (primary N) is 1. The second kappa shape index (κ2) is 6.98. The van der Waals surface area contributed by atoms with Gasteiger partial charge in [0.15, 0.2) is 0 Å². The molecule has 1 rings (SSSR count). The second-order valence-electron chi connectivity index (χ2n) is 4.42. The quantitative estimate of drug-likeness (QED) is 0.592. The molecule has 0 atom stereocenters. The van der Waals surface area contributed by atoms with Gasteiger partial charge in [0.05, 0.1) is 0 Å². The van der Waals surface area contributed by atoms with Crippen molar-refractivity contribution in [1.29, 1.82) is 0 Å². The van der Waals surface area contributed by atoms with Crippen molar-refractivity contribution in [2.24, 2.45) is 7.05 Å². The molecule has 108 valence electrons. The zero-order valence-electron chi connectivity index (χ0n) is 11.5. The molecule has 0 unspecified atom stereocenters. The number of aromatic nitrogens is 2. The van der Waals surface area contributed by atoms with E-state index in [1.54, 1.807) is 0 Å². The standard InChI is InChI=1S/C12H22N4O3/c1-3-7-16-10(13)9(14-6-4-5-8-17)11(18)15(2)12(16)19/h14,17H,3-8,13H2,1-2H3. The predicted molar refractivity (Wildman–Crippen MR) is 75.5 cm³/mol. The number of aliphatic hydroxyl groups is 1. The minimum atomic E-state index is -0.418. The summed E-state index contributed by atoms with van der Waals surface area (Å²) in [5.41, 5.74) is 5.33. The van der Waals surface area contributed by atoms with E-state index >= 15 is 0 Å². The van der Waals surface area contributed by atoms with Crippen LogP contribution in [0.25, 0.3) is 0 Å². The molecule has 4 N–H and O–H groups in total. The summed E-state index contributed by atoms with van der Waals surface area (Å²) in [7, 11) is 1.44. The van der Waals surface area contributed by atoms with Crippen molar-refractivity contribution < 1.29 is 5.11 Å². The van der Waals surface area contributed by atoms with Crippen LogP contribution in [-0.2, 0) is 13.6 Å². The number of nitrogens with one attached hydrogen (secondary N) is 1. The molecular weight excluding hydrogens is 248 g/mol. The summed E-state index contributed by atoms with van der Waals surface area (Å²) >= 11 is 0. The van der Waals surface area contributed by atoms with Crippen molar-refractivity contribution in [3.8, 4) is 0 Å². The average molecular weight is 270 g/mol. The lowest BCUT2D eigenvalue weighted by molar-refractivity contribution is 0.286. The van der Waals surface area contributed by atoms with E-state index in [1.807, 2.05) is 6.92 Å². The van der Waals surface area contributed by atoms with Crippen LogP contribution in [-0.4, -0.2) is 27.4 Å². The summed E-state index contributed by atoms with van der Waals surface area (Å²) in [4.78, 5) is 23.9. The van der Waals surface area contributed by atoms with Gasteiger partial charge in [-0.3, -0.25) is 13.9 Å². The number of nitrogen functional groups attached to an aromatic ring is 1. The first kappa shape index (κ1) is 15.3. The van der Waals surface area contributed by atoms with Crippen molar-refractivity contribution >= 4 is 11.5 Å². The first-order chi connectivity index (χ1) is 9.04. The van der Waals surface area contributed by atoms with E-state index in [0.717, 1.165) is 17.4 Å². The third-order valence-electron chi connectivity index (χ3n) is 2.92. The highest BCUT2D eigenvalue weighted by atomic mass is 16.3. The van der Waals surface area contributed by atoms with Crippen LogP contribution in [0, 0.1) is 0 Å². The molecule has 0 aliphatic heterocycles. The Morgan fingerprint density at radius 2 is 2.00 bits per heavy atom. The maximum Gasteiger partial charge on any atom is 0.332 e. The number of aliphatic hydroxyl groups excluding tert-OH is 1. The van der Waals surface area contributed by atoms with Gasteiger partial charge >= 0.3 is 5.69 Å². The molecule has 1 aromatic heterocycles. The highest BCUT2D eigenvalue weighted by Gasteiger charge is 2.14. The summed E-state index contributed by atoms with van der Waals surface area (Å²) in [5, 5.41) is 11.7. The van der Waals surface area contributed by atoms with Crippen LogP contribution in [0.15, 0.2) is 9.59 Å². The maximum absolute atomic E-state index is 12.0. The van der Waals surface area contributed by atoms with E-state index in [1.165, 1.54) is 11.6 Å². The molecule has 7 heteroatoms. The zero-order chi connectivity index (χ0) is 14.4. The Morgan fingerprint density at radius 1 is 1.32 bits per heavy atom. The maximum atomic E-state index is 12.0. The number of hydrogen-bond donors (Lipinski definition) is 3. The van der Waals surface area contributed by atoms with E-state index in [-0.39, 0.29) is 18.1 Å². The molecule has 0 radical (unpaired) electrons. The van der Waals surface area contributed by atoms with E-state index in [9.17, 15) is 9.59 Å². The molecule has 1 aromatic rings. The smallest absolute Gasteiger partial charge is 0.332 e. The Bertz CT molecular complexity index is 533. The first-order valence-corrected chi connectivity index (χ1v) is 6.48. The lowest BCUT2D eigenvalue weighted by Gasteiger charge is -2.15. The van der Waals surface area contributed by atoms with Crippen LogP contribution in [0.2, 0.25) is 0 Å². The summed E-state index contributed by atoms with van der Waals surface area (Å²) < 4.78 is 2.45. The molecule has 19 heavy (non-hydrogen) atoms. The van der Waals surface area contributed by atoms with Gasteiger partial charge in [0.25, 0.3) is 5.56 Å². The average Bonchev–Trinajstić information content (AvgIpc) is 2.40. The molecule has 0 aromatic carbocycles. The molecule has 1 heterocycles. The number of hydrogen-bond acceptors (Lipinski definition) is 5. The number of rotatable bonds is 7. The largest absolute Gasteiger partial charge is 0.396 e. The van der Waals surface area contributed by atoms with Crippen LogP contribution in [0.1, 0.15) is 26.2 Å². The van der Waals surface area contributed by atoms with Gasteiger partial charge in [0.1, 0.15) is 11.5 Å². The number of anilines is 2. The highest BCUT2D eigenvalue weighted by Crippen LogP contribution is 2.11. The zero-order valence-corrected chi connectivity index (χ0v) is 11.5. The van der Waals surface area contributed by atoms with Gasteiger partial charge in [0, 0.05) is 26.7 Å². The fraction of sp³-hybridized carbons (Fsp3) is 0.667. The number of nitrogens with zero attached hydrogens (tertiary/aromatic N) is 2. The lowest BCUT2D eigenvalue weighted by atomic mass is 10.3. The lowest BCUT2D eigenvalue weighted by Crippen LogP contribution is -2.40. The van der Waals surface area contributed by atoms with E-state index in [0.29, 0.717) is 19.5 Å². The van der Waals surface area contributed by atoms with Crippen LogP contribution >= 0.6 is 0 Å². The van der Waals surface area contributed by atoms with Gasteiger partial charge in [-0.05, 0) is 19.3 Å². The molecule has 0 fully saturated rings. The summed E-state index contributed by atoms with van der Waals surface area (Å²) in [6.45, 7) is 3.06. The van der Waals surface area contributed by atoms with E-state index in [4.69, 9.17) is 10.8 Å². The van der Waals surface area contributed by atoms with Crippen molar-refractivity contribution in [1.82, 2.24) is 9.13 Å². The second-order valence-corrected chi connectivity index (χ2v) is 4.42. The van der Waals surface area contributed by atoms with Gasteiger partial charge < -0.3 is 16.2 Å². The van der Waals surface area contributed by atoms with Crippen LogP contribution in [0.5, 0.6) is 0 Å². The molecule has 0 bridgehead atoms. The van der Waals surface area contributed by atoms with Crippen LogP contribution in [0.4, 0.5) is 11.5 Å². The van der Waals surface area contributed by atoms with Crippen molar-refractivity contribution in [3.63, 3.8) is 0 Å². The third kappa shape index (κ3) is 3.37. The fourth-order valence-electron chi connectivity index (χ4n) is 1.84. The number of unbranched alkanes of at least 4 members (excludes halogenated alkanes) is 1.